The Morgan fingerprint density at radius 1 is 1.06 bits per heavy atom. The molecule has 0 aliphatic carbocycles. The Morgan fingerprint density at radius 2 is 1.67 bits per heavy atom. The van der Waals surface area contributed by atoms with E-state index in [1.807, 2.05) is 54.6 Å². The largest absolute Gasteiger partial charge is 0.480 e. The quantitative estimate of drug-likeness (QED) is 0.863. The summed E-state index contributed by atoms with van der Waals surface area (Å²) in [5.74, 6) is -0.974. The number of benzene rings is 2. The fourth-order valence-corrected chi connectivity index (χ4v) is 1.92. The first-order valence-electron chi connectivity index (χ1n) is 5.80. The lowest BCUT2D eigenvalue weighted by molar-refractivity contribution is -0.138. The van der Waals surface area contributed by atoms with Crippen LogP contribution in [0.5, 0.6) is 0 Å². The Balaban J connectivity index is 2.35. The van der Waals surface area contributed by atoms with Gasteiger partial charge in [0.2, 0.25) is 0 Å². The molecule has 1 unspecified atom stereocenters. The summed E-state index contributed by atoms with van der Waals surface area (Å²) in [4.78, 5) is 10.8. The van der Waals surface area contributed by atoms with Crippen molar-refractivity contribution in [3.05, 3.63) is 60.2 Å². The van der Waals surface area contributed by atoms with Gasteiger partial charge in [0.1, 0.15) is 6.04 Å². The second-order valence-corrected chi connectivity index (χ2v) is 4.17. The molecule has 0 aliphatic heterocycles. The van der Waals surface area contributed by atoms with Crippen LogP contribution in [0.1, 0.15) is 5.56 Å². The molecule has 0 spiro atoms. The number of carbonyl (C=O) groups is 1. The van der Waals surface area contributed by atoms with Gasteiger partial charge in [-0.3, -0.25) is 4.79 Å². The van der Waals surface area contributed by atoms with Crippen LogP contribution in [-0.4, -0.2) is 17.1 Å². The van der Waals surface area contributed by atoms with Gasteiger partial charge >= 0.3 is 5.97 Å². The van der Waals surface area contributed by atoms with Crippen LogP contribution in [0.15, 0.2) is 54.6 Å². The maximum atomic E-state index is 10.8. The summed E-state index contributed by atoms with van der Waals surface area (Å²) in [6, 6.07) is 16.8. The van der Waals surface area contributed by atoms with E-state index in [9.17, 15) is 4.79 Å². The smallest absolute Gasteiger partial charge is 0.320 e. The zero-order valence-corrected chi connectivity index (χ0v) is 9.91. The van der Waals surface area contributed by atoms with Gasteiger partial charge in [-0.1, -0.05) is 54.6 Å². The molecule has 92 valence electrons. The summed E-state index contributed by atoms with van der Waals surface area (Å²) in [6.45, 7) is 0. The number of aliphatic carboxylic acids is 1. The minimum atomic E-state index is -0.974. The third kappa shape index (κ3) is 2.76. The molecule has 1 atom stereocenters. The number of carboxylic acid groups (broad SMARTS) is 1. The average Bonchev–Trinajstić information content (AvgIpc) is 2.40. The highest BCUT2D eigenvalue weighted by molar-refractivity contribution is 5.75. The van der Waals surface area contributed by atoms with Gasteiger partial charge in [0.25, 0.3) is 0 Å². The molecule has 0 aliphatic rings. The molecule has 0 fully saturated rings. The standard InChI is InChI=1S/C15H15NO2/c16-14(15(17)18)10-12-8-4-5-9-13(12)11-6-2-1-3-7-11/h1-9,14H,10,16H2,(H,17,18). The molecule has 0 heterocycles. The molecule has 0 radical (unpaired) electrons. The van der Waals surface area contributed by atoms with Gasteiger partial charge < -0.3 is 10.8 Å². The highest BCUT2D eigenvalue weighted by Gasteiger charge is 2.14. The van der Waals surface area contributed by atoms with Crippen LogP contribution in [0.3, 0.4) is 0 Å². The van der Waals surface area contributed by atoms with Gasteiger partial charge in [0.05, 0.1) is 0 Å². The fourth-order valence-electron chi connectivity index (χ4n) is 1.92. The van der Waals surface area contributed by atoms with Crippen molar-refractivity contribution in [2.75, 3.05) is 0 Å². The van der Waals surface area contributed by atoms with Gasteiger partial charge in [-0.15, -0.1) is 0 Å². The molecular formula is C15H15NO2. The molecule has 0 aromatic heterocycles. The monoisotopic (exact) mass is 241 g/mol. The summed E-state index contributed by atoms with van der Waals surface area (Å²) in [7, 11) is 0. The number of nitrogens with two attached hydrogens (primary N) is 1. The van der Waals surface area contributed by atoms with E-state index in [0.717, 1.165) is 16.7 Å². The van der Waals surface area contributed by atoms with E-state index >= 15 is 0 Å². The molecule has 2 rings (SSSR count). The van der Waals surface area contributed by atoms with Crippen LogP contribution in [0.2, 0.25) is 0 Å². The van der Waals surface area contributed by atoms with Crippen molar-refractivity contribution in [3.8, 4) is 11.1 Å². The highest BCUT2D eigenvalue weighted by Crippen LogP contribution is 2.24. The summed E-state index contributed by atoms with van der Waals surface area (Å²) in [6.07, 6.45) is 0.334. The summed E-state index contributed by atoms with van der Waals surface area (Å²) >= 11 is 0. The van der Waals surface area contributed by atoms with Crippen molar-refractivity contribution < 1.29 is 9.90 Å². The van der Waals surface area contributed by atoms with E-state index in [4.69, 9.17) is 10.8 Å². The van der Waals surface area contributed by atoms with E-state index in [1.54, 1.807) is 0 Å². The zero-order chi connectivity index (χ0) is 13.0. The Labute approximate surface area is 106 Å². The second-order valence-electron chi connectivity index (χ2n) is 4.17. The molecule has 0 amide bonds. The molecule has 2 aromatic rings. The topological polar surface area (TPSA) is 63.3 Å². The van der Waals surface area contributed by atoms with Crippen molar-refractivity contribution in [1.29, 1.82) is 0 Å². The van der Waals surface area contributed by atoms with Gasteiger partial charge in [-0.05, 0) is 23.1 Å². The van der Waals surface area contributed by atoms with Crippen molar-refractivity contribution in [2.45, 2.75) is 12.5 Å². The zero-order valence-electron chi connectivity index (χ0n) is 9.91. The van der Waals surface area contributed by atoms with Crippen LogP contribution >= 0.6 is 0 Å². The first-order chi connectivity index (χ1) is 8.68. The molecule has 3 N–H and O–H groups in total. The minimum absolute atomic E-state index is 0.334. The lowest BCUT2D eigenvalue weighted by Crippen LogP contribution is -2.32. The molecule has 2 aromatic carbocycles. The number of rotatable bonds is 4. The molecule has 18 heavy (non-hydrogen) atoms. The van der Waals surface area contributed by atoms with Crippen LogP contribution in [0.25, 0.3) is 11.1 Å². The van der Waals surface area contributed by atoms with E-state index in [0.29, 0.717) is 6.42 Å². The van der Waals surface area contributed by atoms with Gasteiger partial charge in [0, 0.05) is 0 Å². The normalized spacial score (nSPS) is 12.1. The fraction of sp³-hybridized carbons (Fsp3) is 0.133. The maximum Gasteiger partial charge on any atom is 0.320 e. The maximum absolute atomic E-state index is 10.8. The van der Waals surface area contributed by atoms with Crippen molar-refractivity contribution in [2.24, 2.45) is 5.73 Å². The minimum Gasteiger partial charge on any atom is -0.480 e. The predicted molar refractivity (Wildman–Crippen MR) is 71.2 cm³/mol. The van der Waals surface area contributed by atoms with E-state index in [2.05, 4.69) is 0 Å². The Morgan fingerprint density at radius 3 is 2.33 bits per heavy atom. The van der Waals surface area contributed by atoms with E-state index < -0.39 is 12.0 Å². The Kier molecular flexibility index (Phi) is 3.75. The van der Waals surface area contributed by atoms with Crippen molar-refractivity contribution in [1.82, 2.24) is 0 Å². The van der Waals surface area contributed by atoms with Crippen LogP contribution in [0, 0.1) is 0 Å². The summed E-state index contributed by atoms with van der Waals surface area (Å²) in [5, 5.41) is 8.88. The predicted octanol–water partition coefficient (Wildman–Crippen LogP) is 2.31. The molecule has 0 saturated carbocycles. The molecule has 0 bridgehead atoms. The van der Waals surface area contributed by atoms with Gasteiger partial charge in [-0.25, -0.2) is 0 Å². The Bertz CT molecular complexity index is 537. The number of hydrogen-bond donors (Lipinski definition) is 2. The van der Waals surface area contributed by atoms with Crippen LogP contribution < -0.4 is 5.73 Å². The Hall–Kier alpha value is -2.13. The van der Waals surface area contributed by atoms with Gasteiger partial charge in [0.15, 0.2) is 0 Å². The number of carboxylic acids is 1. The summed E-state index contributed by atoms with van der Waals surface area (Å²) < 4.78 is 0. The third-order valence-electron chi connectivity index (χ3n) is 2.86. The summed E-state index contributed by atoms with van der Waals surface area (Å²) in [5.41, 5.74) is 8.66. The lowest BCUT2D eigenvalue weighted by atomic mass is 9.95. The first-order valence-corrected chi connectivity index (χ1v) is 5.80. The van der Waals surface area contributed by atoms with Crippen LogP contribution in [-0.2, 0) is 11.2 Å². The average molecular weight is 241 g/mol. The van der Waals surface area contributed by atoms with Crippen LogP contribution in [0.4, 0.5) is 0 Å². The SMILES string of the molecule is NC(Cc1ccccc1-c1ccccc1)C(=O)O. The number of hydrogen-bond acceptors (Lipinski definition) is 2. The van der Waals surface area contributed by atoms with Crippen molar-refractivity contribution in [3.63, 3.8) is 0 Å². The lowest BCUT2D eigenvalue weighted by Gasteiger charge is -2.12. The molecular weight excluding hydrogens is 226 g/mol. The van der Waals surface area contributed by atoms with E-state index in [-0.39, 0.29) is 0 Å². The van der Waals surface area contributed by atoms with Gasteiger partial charge in [-0.2, -0.15) is 0 Å². The first kappa shape index (κ1) is 12.3. The second kappa shape index (κ2) is 5.47. The highest BCUT2D eigenvalue weighted by atomic mass is 16.4. The third-order valence-corrected chi connectivity index (χ3v) is 2.86. The molecule has 3 heteroatoms. The molecule has 3 nitrogen and oxygen atoms in total. The molecule has 0 saturated heterocycles. The van der Waals surface area contributed by atoms with Crippen molar-refractivity contribution >= 4 is 5.97 Å². The van der Waals surface area contributed by atoms with E-state index in [1.165, 1.54) is 0 Å².